The van der Waals surface area contributed by atoms with Gasteiger partial charge < -0.3 is 15.3 Å². The quantitative estimate of drug-likeness (QED) is 0.397. The fourth-order valence-corrected chi connectivity index (χ4v) is 4.12. The van der Waals surface area contributed by atoms with Gasteiger partial charge in [0.2, 0.25) is 0 Å². The molecular formula is C27H34F3N5O. The number of aryl methyl sites for hydroxylation is 1. The zero-order valence-corrected chi connectivity index (χ0v) is 21.6. The molecule has 0 spiro atoms. The molecule has 2 heterocycles. The van der Waals surface area contributed by atoms with Gasteiger partial charge in [0.25, 0.3) is 0 Å². The van der Waals surface area contributed by atoms with E-state index in [9.17, 15) is 18.3 Å². The number of halogens is 3. The first-order chi connectivity index (χ1) is 16.8. The predicted octanol–water partition coefficient (Wildman–Crippen LogP) is 5.98. The van der Waals surface area contributed by atoms with Gasteiger partial charge in [-0.05, 0) is 57.4 Å². The van der Waals surface area contributed by atoms with E-state index < -0.39 is 23.3 Å². The summed E-state index contributed by atoms with van der Waals surface area (Å²) in [4.78, 5) is 5.47. The third kappa shape index (κ3) is 5.56. The van der Waals surface area contributed by atoms with Crippen molar-refractivity contribution in [3.63, 3.8) is 0 Å². The van der Waals surface area contributed by atoms with Gasteiger partial charge in [-0.15, -0.1) is 0 Å². The summed E-state index contributed by atoms with van der Waals surface area (Å²) in [5.74, 6) is 0.255. The number of aliphatic hydroxyl groups excluding tert-OH is 1. The number of hydrogen-bond acceptors (Lipinski definition) is 5. The Balaban J connectivity index is 2.04. The van der Waals surface area contributed by atoms with Gasteiger partial charge in [-0.3, -0.25) is 0 Å². The Kier molecular flexibility index (Phi) is 7.83. The summed E-state index contributed by atoms with van der Waals surface area (Å²) in [6, 6.07) is 9.81. The molecule has 0 saturated heterocycles. The van der Waals surface area contributed by atoms with Gasteiger partial charge in [-0.25, -0.2) is 9.67 Å². The molecule has 0 aliphatic rings. The first-order valence-electron chi connectivity index (χ1n) is 11.8. The molecule has 2 N–H and O–H groups in total. The van der Waals surface area contributed by atoms with E-state index in [0.717, 1.165) is 18.1 Å². The van der Waals surface area contributed by atoms with Crippen molar-refractivity contribution in [1.29, 1.82) is 0 Å². The van der Waals surface area contributed by atoms with Crippen molar-refractivity contribution >= 4 is 17.3 Å². The molecule has 0 fully saturated rings. The highest BCUT2D eigenvalue weighted by Crippen LogP contribution is 2.40. The maximum absolute atomic E-state index is 13.7. The number of nitrogens with one attached hydrogen (secondary N) is 1. The van der Waals surface area contributed by atoms with Gasteiger partial charge >= 0.3 is 6.18 Å². The van der Waals surface area contributed by atoms with Crippen molar-refractivity contribution in [3.8, 4) is 0 Å². The maximum Gasteiger partial charge on any atom is 0.419 e. The number of rotatable bonds is 8. The Morgan fingerprint density at radius 2 is 1.81 bits per heavy atom. The fourth-order valence-electron chi connectivity index (χ4n) is 4.12. The monoisotopic (exact) mass is 501 g/mol. The van der Waals surface area contributed by atoms with Crippen LogP contribution in [0.2, 0.25) is 0 Å². The second kappa shape index (κ2) is 10.3. The van der Waals surface area contributed by atoms with Crippen LogP contribution in [-0.4, -0.2) is 33.5 Å². The number of aliphatic hydroxyl groups is 1. The standard InChI is InChI=1S/C27H34F3N5O/c1-8-19-11-13-20(14-12-19)22(16-36)32-18(3)23-17(2)25(35(33-23)26(4,5)6)34(7)24-21(27(28,29)30)10-9-15-31-24/h9-15,22,32,36H,3,8,16H2,1-2,4-7H3. The average molecular weight is 502 g/mol. The van der Waals surface area contributed by atoms with Crippen molar-refractivity contribution in [3.05, 3.63) is 77.1 Å². The molecule has 1 aromatic carbocycles. The first-order valence-corrected chi connectivity index (χ1v) is 11.8. The minimum Gasteiger partial charge on any atom is -0.394 e. The highest BCUT2D eigenvalue weighted by Gasteiger charge is 2.37. The minimum absolute atomic E-state index is 0.168. The van der Waals surface area contributed by atoms with Crippen LogP contribution in [0.5, 0.6) is 0 Å². The van der Waals surface area contributed by atoms with Gasteiger partial charge in [0.05, 0.1) is 29.4 Å². The first kappa shape index (κ1) is 27.3. The van der Waals surface area contributed by atoms with E-state index >= 15 is 0 Å². The topological polar surface area (TPSA) is 66.2 Å². The lowest BCUT2D eigenvalue weighted by Gasteiger charge is -2.29. The van der Waals surface area contributed by atoms with Crippen molar-refractivity contribution in [2.75, 3.05) is 18.6 Å². The number of nitrogens with zero attached hydrogens (tertiary/aromatic N) is 4. The summed E-state index contributed by atoms with van der Waals surface area (Å²) >= 11 is 0. The Morgan fingerprint density at radius 1 is 1.17 bits per heavy atom. The predicted molar refractivity (Wildman–Crippen MR) is 137 cm³/mol. The molecule has 0 saturated carbocycles. The van der Waals surface area contributed by atoms with Crippen LogP contribution < -0.4 is 10.2 Å². The van der Waals surface area contributed by atoms with E-state index in [1.54, 1.807) is 18.7 Å². The Labute approximate surface area is 210 Å². The smallest absolute Gasteiger partial charge is 0.394 e. The molecule has 0 aliphatic heterocycles. The molecule has 3 aromatic rings. The SMILES string of the molecule is C=C(NC(CO)c1ccc(CC)cc1)c1nn(C(C)(C)C)c(N(C)c2ncccc2C(F)(F)F)c1C. The molecule has 0 amide bonds. The fraction of sp³-hybridized carbons (Fsp3) is 0.407. The van der Waals surface area contributed by atoms with Gasteiger partial charge in [0.15, 0.2) is 0 Å². The van der Waals surface area contributed by atoms with Crippen LogP contribution in [0.15, 0.2) is 49.2 Å². The summed E-state index contributed by atoms with van der Waals surface area (Å²) in [6.45, 7) is 13.6. The van der Waals surface area contributed by atoms with Crippen LogP contribution in [0.3, 0.4) is 0 Å². The number of anilines is 2. The van der Waals surface area contributed by atoms with Gasteiger partial charge in [0, 0.05) is 18.8 Å². The van der Waals surface area contributed by atoms with Crippen molar-refractivity contribution in [1.82, 2.24) is 20.1 Å². The number of benzene rings is 1. The van der Waals surface area contributed by atoms with Gasteiger partial charge in [-0.1, -0.05) is 37.8 Å². The third-order valence-corrected chi connectivity index (χ3v) is 6.06. The van der Waals surface area contributed by atoms with Crippen LogP contribution in [0.25, 0.3) is 5.70 Å². The molecule has 6 nitrogen and oxygen atoms in total. The van der Waals surface area contributed by atoms with Crippen molar-refractivity contribution in [2.45, 2.75) is 58.8 Å². The van der Waals surface area contributed by atoms with Crippen molar-refractivity contribution < 1.29 is 18.3 Å². The molecule has 0 bridgehead atoms. The van der Waals surface area contributed by atoms with E-state index in [1.165, 1.54) is 22.7 Å². The Hall–Kier alpha value is -3.33. The van der Waals surface area contributed by atoms with E-state index in [1.807, 2.05) is 45.0 Å². The Morgan fingerprint density at radius 3 is 2.33 bits per heavy atom. The molecule has 1 unspecified atom stereocenters. The molecule has 0 aliphatic carbocycles. The molecule has 1 atom stereocenters. The average Bonchev–Trinajstić information content (AvgIpc) is 3.19. The van der Waals surface area contributed by atoms with Crippen molar-refractivity contribution in [2.24, 2.45) is 0 Å². The minimum atomic E-state index is -4.56. The number of aromatic nitrogens is 3. The van der Waals surface area contributed by atoms with Crippen LogP contribution >= 0.6 is 0 Å². The summed E-state index contributed by atoms with van der Waals surface area (Å²) in [5.41, 5.74) is 2.30. The zero-order chi connectivity index (χ0) is 26.8. The van der Waals surface area contributed by atoms with Crippen LogP contribution in [-0.2, 0) is 18.1 Å². The molecule has 36 heavy (non-hydrogen) atoms. The van der Waals surface area contributed by atoms with E-state index in [0.29, 0.717) is 22.8 Å². The van der Waals surface area contributed by atoms with E-state index in [2.05, 4.69) is 23.8 Å². The Bertz CT molecular complexity index is 1210. The molecule has 2 aromatic heterocycles. The molecule has 9 heteroatoms. The van der Waals surface area contributed by atoms with Crippen LogP contribution in [0, 0.1) is 6.92 Å². The lowest BCUT2D eigenvalue weighted by atomic mass is 10.0. The zero-order valence-electron chi connectivity index (χ0n) is 21.6. The maximum atomic E-state index is 13.7. The van der Waals surface area contributed by atoms with Crippen LogP contribution in [0.4, 0.5) is 24.8 Å². The number of hydrogen-bond donors (Lipinski definition) is 2. The van der Waals surface area contributed by atoms with Crippen LogP contribution in [0.1, 0.15) is 61.7 Å². The normalized spacial score (nSPS) is 12.9. The highest BCUT2D eigenvalue weighted by atomic mass is 19.4. The lowest BCUT2D eigenvalue weighted by molar-refractivity contribution is -0.137. The number of alkyl halides is 3. The van der Waals surface area contributed by atoms with E-state index in [4.69, 9.17) is 5.10 Å². The van der Waals surface area contributed by atoms with Gasteiger partial charge in [0.1, 0.15) is 17.3 Å². The summed E-state index contributed by atoms with van der Waals surface area (Å²) in [6.07, 6.45) is -2.31. The third-order valence-electron chi connectivity index (χ3n) is 6.06. The highest BCUT2D eigenvalue weighted by molar-refractivity contribution is 5.71. The molecule has 194 valence electrons. The molecular weight excluding hydrogens is 467 g/mol. The lowest BCUT2D eigenvalue weighted by Crippen LogP contribution is -2.29. The summed E-state index contributed by atoms with van der Waals surface area (Å²) in [5, 5.41) is 18.1. The largest absolute Gasteiger partial charge is 0.419 e. The number of pyridine rings is 1. The summed E-state index contributed by atoms with van der Waals surface area (Å²) in [7, 11) is 1.55. The molecule has 0 radical (unpaired) electrons. The second-order valence-electron chi connectivity index (χ2n) is 9.76. The summed E-state index contributed by atoms with van der Waals surface area (Å²) < 4.78 is 42.9. The van der Waals surface area contributed by atoms with Gasteiger partial charge in [-0.2, -0.15) is 18.3 Å². The molecule has 3 rings (SSSR count). The second-order valence-corrected chi connectivity index (χ2v) is 9.76. The van der Waals surface area contributed by atoms with E-state index in [-0.39, 0.29) is 12.4 Å².